The molecular weight excluding hydrogens is 524 g/mol. The SMILES string of the molecule is COc1cc(CCN/C(C)=C2\C(=O)C=C3Oc4c(C(C)=O)c(O)c(C)c(O)c4[C@@]3(C)C2=O)c([NH+]([O-])O)cc1OC. The van der Waals surface area contributed by atoms with Crippen LogP contribution in [0.4, 0.5) is 5.69 Å². The van der Waals surface area contributed by atoms with Gasteiger partial charge in [0.15, 0.2) is 34.5 Å². The fourth-order valence-corrected chi connectivity index (χ4v) is 5.16. The minimum absolute atomic E-state index is 0.00141. The molecule has 0 spiro atoms. The molecule has 0 saturated carbocycles. The van der Waals surface area contributed by atoms with E-state index in [0.29, 0.717) is 11.3 Å². The van der Waals surface area contributed by atoms with Crippen molar-refractivity contribution < 1.29 is 49.2 Å². The second-order valence-corrected chi connectivity index (χ2v) is 9.73. The number of hydrogen-bond acceptors (Lipinski definition) is 11. The van der Waals surface area contributed by atoms with Gasteiger partial charge in [-0.05, 0) is 40.2 Å². The number of fused-ring (bicyclic) bond motifs is 3. The highest BCUT2D eigenvalue weighted by molar-refractivity contribution is 6.31. The van der Waals surface area contributed by atoms with Crippen LogP contribution in [0.3, 0.4) is 0 Å². The molecule has 2 atom stereocenters. The summed E-state index contributed by atoms with van der Waals surface area (Å²) in [5, 5.41) is 44.7. The molecule has 2 aliphatic rings. The van der Waals surface area contributed by atoms with Gasteiger partial charge in [-0.15, -0.1) is 0 Å². The lowest BCUT2D eigenvalue weighted by molar-refractivity contribution is -0.991. The van der Waals surface area contributed by atoms with Crippen LogP contribution in [0.5, 0.6) is 28.7 Å². The van der Waals surface area contributed by atoms with Crippen molar-refractivity contribution >= 4 is 23.0 Å². The molecule has 12 nitrogen and oxygen atoms in total. The summed E-state index contributed by atoms with van der Waals surface area (Å²) in [6, 6.07) is 2.92. The molecule has 12 heteroatoms. The molecule has 5 N–H and O–H groups in total. The smallest absolute Gasteiger partial charge is 0.194 e. The Morgan fingerprint density at radius 1 is 1.12 bits per heavy atom. The summed E-state index contributed by atoms with van der Waals surface area (Å²) in [6.45, 7) is 5.81. The molecule has 4 rings (SSSR count). The molecule has 2 aromatic rings. The second kappa shape index (κ2) is 10.3. The van der Waals surface area contributed by atoms with Crippen LogP contribution in [0.15, 0.2) is 35.2 Å². The zero-order chi connectivity index (χ0) is 29.7. The second-order valence-electron chi connectivity index (χ2n) is 9.73. The Labute approximate surface area is 229 Å². The van der Waals surface area contributed by atoms with E-state index in [1.54, 1.807) is 13.0 Å². The highest BCUT2D eigenvalue weighted by Crippen LogP contribution is 2.57. The van der Waals surface area contributed by atoms with Crippen LogP contribution in [-0.4, -0.2) is 53.5 Å². The van der Waals surface area contributed by atoms with Gasteiger partial charge >= 0.3 is 0 Å². The molecule has 0 bridgehead atoms. The van der Waals surface area contributed by atoms with Crippen molar-refractivity contribution in [1.29, 1.82) is 0 Å². The molecule has 1 heterocycles. The lowest BCUT2D eigenvalue weighted by atomic mass is 9.70. The van der Waals surface area contributed by atoms with E-state index in [-0.39, 0.29) is 63.9 Å². The fourth-order valence-electron chi connectivity index (χ4n) is 5.16. The highest BCUT2D eigenvalue weighted by atomic mass is 16.8. The Morgan fingerprint density at radius 2 is 1.75 bits per heavy atom. The lowest BCUT2D eigenvalue weighted by Crippen LogP contribution is -2.99. The predicted molar refractivity (Wildman–Crippen MR) is 140 cm³/mol. The Morgan fingerprint density at radius 3 is 2.33 bits per heavy atom. The number of quaternary nitrogens is 1. The number of ketones is 3. The van der Waals surface area contributed by atoms with Gasteiger partial charge in [0.1, 0.15) is 34.0 Å². The van der Waals surface area contributed by atoms with Gasteiger partial charge in [-0.25, -0.2) is 5.21 Å². The van der Waals surface area contributed by atoms with Crippen molar-refractivity contribution in [2.24, 2.45) is 0 Å². The van der Waals surface area contributed by atoms with Gasteiger partial charge in [0.2, 0.25) is 0 Å². The number of allylic oxidation sites excluding steroid dienone is 4. The minimum atomic E-state index is -1.63. The molecule has 1 aliphatic heterocycles. The molecule has 0 radical (unpaired) electrons. The molecule has 40 heavy (non-hydrogen) atoms. The van der Waals surface area contributed by atoms with Crippen LogP contribution in [0.2, 0.25) is 0 Å². The summed E-state index contributed by atoms with van der Waals surface area (Å²) in [4.78, 5) is 39.3. The maximum Gasteiger partial charge on any atom is 0.194 e. The Hall–Kier alpha value is -4.39. The number of methoxy groups -OCH3 is 2. The van der Waals surface area contributed by atoms with Crippen LogP contribution < -0.4 is 24.8 Å². The van der Waals surface area contributed by atoms with E-state index in [1.165, 1.54) is 41.1 Å². The van der Waals surface area contributed by atoms with Gasteiger partial charge in [-0.1, -0.05) is 0 Å². The van der Waals surface area contributed by atoms with E-state index < -0.39 is 39.5 Å². The molecule has 1 unspecified atom stereocenters. The number of phenolic OH excluding ortho intramolecular Hbond substituents is 2. The molecule has 0 amide bonds. The Kier molecular flexibility index (Phi) is 7.37. The number of carbonyl (C=O) groups excluding carboxylic acids is 3. The number of aromatic hydroxyl groups is 2. The molecule has 2 aromatic carbocycles. The number of hydrogen-bond donors (Lipinski definition) is 5. The van der Waals surface area contributed by atoms with Crippen molar-refractivity contribution in [1.82, 2.24) is 5.32 Å². The zero-order valence-corrected chi connectivity index (χ0v) is 22.8. The number of nitrogens with one attached hydrogen (secondary N) is 2. The molecule has 1 aliphatic carbocycles. The first-order valence-electron chi connectivity index (χ1n) is 12.3. The summed E-state index contributed by atoms with van der Waals surface area (Å²) < 4.78 is 16.2. The summed E-state index contributed by atoms with van der Waals surface area (Å²) >= 11 is 0. The van der Waals surface area contributed by atoms with Crippen LogP contribution >= 0.6 is 0 Å². The van der Waals surface area contributed by atoms with Crippen molar-refractivity contribution in [2.75, 3.05) is 20.8 Å². The van der Waals surface area contributed by atoms with Crippen LogP contribution in [0.1, 0.15) is 47.8 Å². The van der Waals surface area contributed by atoms with E-state index in [9.17, 15) is 35.0 Å². The third kappa shape index (κ3) is 4.26. The number of carbonyl (C=O) groups is 3. The number of benzene rings is 2. The number of Topliss-reactive ketones (excluding diaryl/α,β-unsaturated/α-hetero) is 2. The maximum atomic E-state index is 13.9. The van der Waals surface area contributed by atoms with E-state index in [4.69, 9.17) is 14.2 Å². The number of rotatable bonds is 8. The largest absolute Gasteiger partial charge is 0.595 e. The Bertz CT molecular complexity index is 1520. The quantitative estimate of drug-likeness (QED) is 0.139. The highest BCUT2D eigenvalue weighted by Gasteiger charge is 2.56. The predicted octanol–water partition coefficient (Wildman–Crippen LogP) is 1.82. The summed E-state index contributed by atoms with van der Waals surface area (Å²) in [5.41, 5.74) is -1.30. The summed E-state index contributed by atoms with van der Waals surface area (Å²) in [5.74, 6) is -2.32. The van der Waals surface area contributed by atoms with Crippen molar-refractivity contribution in [2.45, 2.75) is 39.5 Å². The van der Waals surface area contributed by atoms with Crippen LogP contribution in [0.25, 0.3) is 0 Å². The summed E-state index contributed by atoms with van der Waals surface area (Å²) in [6.07, 6.45) is 1.34. The first-order valence-corrected chi connectivity index (χ1v) is 12.3. The third-order valence-corrected chi connectivity index (χ3v) is 7.38. The first-order chi connectivity index (χ1) is 18.8. The van der Waals surface area contributed by atoms with Gasteiger partial charge in [-0.3, -0.25) is 14.4 Å². The molecule has 0 saturated heterocycles. The van der Waals surface area contributed by atoms with E-state index >= 15 is 0 Å². The topological polar surface area (TPSA) is 179 Å². The van der Waals surface area contributed by atoms with Gasteiger partial charge < -0.3 is 34.9 Å². The number of ether oxygens (including phenoxy) is 3. The maximum absolute atomic E-state index is 13.9. The van der Waals surface area contributed by atoms with Crippen molar-refractivity contribution in [3.05, 3.63) is 62.7 Å². The Balaban J connectivity index is 1.70. The average molecular weight is 555 g/mol. The summed E-state index contributed by atoms with van der Waals surface area (Å²) in [7, 11) is 2.83. The zero-order valence-electron chi connectivity index (χ0n) is 22.8. The molecule has 212 valence electrons. The molecule has 0 aromatic heterocycles. The number of phenols is 2. The lowest BCUT2D eigenvalue weighted by Gasteiger charge is -2.29. The van der Waals surface area contributed by atoms with E-state index in [1.807, 2.05) is 0 Å². The van der Waals surface area contributed by atoms with Gasteiger partial charge in [0.05, 0.1) is 25.4 Å². The van der Waals surface area contributed by atoms with Gasteiger partial charge in [0.25, 0.3) is 0 Å². The van der Waals surface area contributed by atoms with Gasteiger partial charge in [0, 0.05) is 35.5 Å². The van der Waals surface area contributed by atoms with Gasteiger partial charge in [-0.2, -0.15) is 5.23 Å². The molecule has 0 fully saturated rings. The fraction of sp³-hybridized carbons (Fsp3) is 0.321. The van der Waals surface area contributed by atoms with E-state index in [0.717, 1.165) is 6.08 Å². The van der Waals surface area contributed by atoms with Crippen LogP contribution in [-0.2, 0) is 21.4 Å². The standard InChI is InChI=1S/C28H30N2O10/c1-12-24(33)22(14(3)31)26-23(25(12)34)28(4)20(40-26)11-17(32)21(27(28)35)13(2)29-8-7-15-9-18(38-5)19(39-6)10-16(15)30(36)37/h9-11,29-30,33-34,36H,7-8H2,1-6H3/b21-13+/t28-/m0/s1. The molecular formula is C28H30N2O10. The normalized spacial score (nSPS) is 19.8. The van der Waals surface area contributed by atoms with Crippen molar-refractivity contribution in [3.63, 3.8) is 0 Å². The monoisotopic (exact) mass is 554 g/mol. The van der Waals surface area contributed by atoms with E-state index in [2.05, 4.69) is 5.32 Å². The average Bonchev–Trinajstić information content (AvgIpc) is 3.19. The minimum Gasteiger partial charge on any atom is -0.595 e. The first kappa shape index (κ1) is 28.6. The van der Waals surface area contributed by atoms with Crippen LogP contribution in [0, 0.1) is 12.1 Å². The van der Waals surface area contributed by atoms with Crippen molar-refractivity contribution in [3.8, 4) is 28.7 Å². The third-order valence-electron chi connectivity index (χ3n) is 7.38.